The summed E-state index contributed by atoms with van der Waals surface area (Å²) in [5.74, 6) is -0.897. The van der Waals surface area contributed by atoms with Gasteiger partial charge in [-0.2, -0.15) is 0 Å². The normalized spacial score (nSPS) is 9.53. The van der Waals surface area contributed by atoms with E-state index in [4.69, 9.17) is 0 Å². The maximum absolute atomic E-state index is 11.2. The molecule has 6 nitrogen and oxygen atoms in total. The van der Waals surface area contributed by atoms with Gasteiger partial charge in [0.2, 0.25) is 5.91 Å². The molecule has 0 aliphatic heterocycles. The molecule has 0 bridgehead atoms. The zero-order valence-electron chi connectivity index (χ0n) is 10.3. The molecule has 0 fully saturated rings. The Hall–Kier alpha value is -1.59. The van der Waals surface area contributed by atoms with E-state index in [1.54, 1.807) is 6.92 Å². The van der Waals surface area contributed by atoms with Crippen LogP contribution >= 0.6 is 0 Å². The van der Waals surface area contributed by atoms with Crippen LogP contribution in [-0.4, -0.2) is 38.1 Å². The lowest BCUT2D eigenvalue weighted by Crippen LogP contribution is -2.25. The molecule has 17 heavy (non-hydrogen) atoms. The molecule has 0 saturated carbocycles. The van der Waals surface area contributed by atoms with E-state index in [0.29, 0.717) is 19.6 Å². The van der Waals surface area contributed by atoms with E-state index in [1.807, 2.05) is 0 Å². The Morgan fingerprint density at radius 3 is 2.35 bits per heavy atom. The van der Waals surface area contributed by atoms with Gasteiger partial charge in [-0.15, -0.1) is 0 Å². The number of esters is 2. The number of amides is 1. The van der Waals surface area contributed by atoms with Crippen molar-refractivity contribution in [1.29, 1.82) is 0 Å². The summed E-state index contributed by atoms with van der Waals surface area (Å²) in [6, 6.07) is 0. The molecular weight excluding hydrogens is 226 g/mol. The maximum Gasteiger partial charge on any atom is 0.306 e. The number of methoxy groups -OCH3 is 1. The van der Waals surface area contributed by atoms with Crippen molar-refractivity contribution in [2.24, 2.45) is 0 Å². The molecule has 1 amide bonds. The first-order chi connectivity index (χ1) is 8.10. The lowest BCUT2D eigenvalue weighted by molar-refractivity contribution is -0.144. The van der Waals surface area contributed by atoms with Gasteiger partial charge in [0.25, 0.3) is 0 Å². The third-order valence-electron chi connectivity index (χ3n) is 1.97. The number of rotatable bonds is 8. The molecule has 0 aliphatic rings. The van der Waals surface area contributed by atoms with Gasteiger partial charge in [0.15, 0.2) is 0 Å². The first kappa shape index (κ1) is 15.4. The van der Waals surface area contributed by atoms with Crippen LogP contribution in [0.5, 0.6) is 0 Å². The highest BCUT2D eigenvalue weighted by molar-refractivity contribution is 5.81. The topological polar surface area (TPSA) is 81.7 Å². The van der Waals surface area contributed by atoms with Crippen molar-refractivity contribution >= 4 is 17.8 Å². The van der Waals surface area contributed by atoms with Crippen LogP contribution in [0.4, 0.5) is 0 Å². The van der Waals surface area contributed by atoms with Crippen molar-refractivity contribution in [3.05, 3.63) is 0 Å². The zero-order valence-corrected chi connectivity index (χ0v) is 10.3. The summed E-state index contributed by atoms with van der Waals surface area (Å²) in [5.41, 5.74) is 0. The molecule has 6 heteroatoms. The van der Waals surface area contributed by atoms with Gasteiger partial charge < -0.3 is 14.8 Å². The smallest absolute Gasteiger partial charge is 0.306 e. The Morgan fingerprint density at radius 2 is 1.76 bits per heavy atom. The monoisotopic (exact) mass is 245 g/mol. The van der Waals surface area contributed by atoms with E-state index < -0.39 is 0 Å². The van der Waals surface area contributed by atoms with Crippen LogP contribution in [0.2, 0.25) is 0 Å². The Balaban J connectivity index is 3.47. The molecule has 0 saturated heterocycles. The molecule has 1 N–H and O–H groups in total. The van der Waals surface area contributed by atoms with Crippen molar-refractivity contribution in [3.63, 3.8) is 0 Å². The van der Waals surface area contributed by atoms with E-state index in [1.165, 1.54) is 7.11 Å². The number of hydrogen-bond donors (Lipinski definition) is 1. The van der Waals surface area contributed by atoms with Gasteiger partial charge in [-0.1, -0.05) is 0 Å². The van der Waals surface area contributed by atoms with Gasteiger partial charge >= 0.3 is 11.9 Å². The summed E-state index contributed by atoms with van der Waals surface area (Å²) in [6.07, 6.45) is 0.986. The number of carbonyl (C=O) groups is 3. The predicted molar refractivity (Wildman–Crippen MR) is 60.1 cm³/mol. The van der Waals surface area contributed by atoms with Gasteiger partial charge in [0, 0.05) is 19.4 Å². The van der Waals surface area contributed by atoms with E-state index in [9.17, 15) is 14.4 Å². The number of hydrogen-bond acceptors (Lipinski definition) is 5. The molecule has 0 rings (SSSR count). The lowest BCUT2D eigenvalue weighted by atomic mass is 10.2. The van der Waals surface area contributed by atoms with Crippen LogP contribution in [0.1, 0.15) is 32.6 Å². The molecule has 0 atom stereocenters. The fourth-order valence-corrected chi connectivity index (χ4v) is 1.10. The second-order valence-corrected chi connectivity index (χ2v) is 3.33. The summed E-state index contributed by atoms with van der Waals surface area (Å²) in [5, 5.41) is 2.61. The lowest BCUT2D eigenvalue weighted by Gasteiger charge is -2.04. The van der Waals surface area contributed by atoms with Crippen molar-refractivity contribution in [3.8, 4) is 0 Å². The molecule has 0 aromatic heterocycles. The SMILES string of the molecule is CCOC(=O)CCC(=O)NCCCC(=O)OC. The molecule has 0 aromatic rings. The average molecular weight is 245 g/mol. The summed E-state index contributed by atoms with van der Waals surface area (Å²) in [4.78, 5) is 32.9. The van der Waals surface area contributed by atoms with E-state index >= 15 is 0 Å². The van der Waals surface area contributed by atoms with Crippen LogP contribution in [0.15, 0.2) is 0 Å². The van der Waals surface area contributed by atoms with Gasteiger partial charge in [0.1, 0.15) is 0 Å². The van der Waals surface area contributed by atoms with Crippen molar-refractivity contribution in [1.82, 2.24) is 5.32 Å². The largest absolute Gasteiger partial charge is 0.469 e. The number of ether oxygens (including phenoxy) is 2. The number of nitrogens with one attached hydrogen (secondary N) is 1. The van der Waals surface area contributed by atoms with E-state index in [-0.39, 0.29) is 37.1 Å². The van der Waals surface area contributed by atoms with Crippen LogP contribution in [-0.2, 0) is 23.9 Å². The van der Waals surface area contributed by atoms with Crippen molar-refractivity contribution < 1.29 is 23.9 Å². The summed E-state index contributed by atoms with van der Waals surface area (Å²) in [6.45, 7) is 2.43. The minimum atomic E-state index is -0.378. The van der Waals surface area contributed by atoms with Gasteiger partial charge in [-0.3, -0.25) is 14.4 Å². The Bertz CT molecular complexity index is 265. The van der Waals surface area contributed by atoms with Gasteiger partial charge in [-0.25, -0.2) is 0 Å². The molecule has 0 unspecified atom stereocenters. The quantitative estimate of drug-likeness (QED) is 0.494. The second-order valence-electron chi connectivity index (χ2n) is 3.33. The summed E-state index contributed by atoms with van der Waals surface area (Å²) >= 11 is 0. The maximum atomic E-state index is 11.2. The fourth-order valence-electron chi connectivity index (χ4n) is 1.10. The molecular formula is C11H19NO5. The third kappa shape index (κ3) is 9.35. The second kappa shape index (κ2) is 9.62. The number of carbonyl (C=O) groups excluding carboxylic acids is 3. The fraction of sp³-hybridized carbons (Fsp3) is 0.727. The van der Waals surface area contributed by atoms with E-state index in [0.717, 1.165) is 0 Å². The predicted octanol–water partition coefficient (Wildman–Crippen LogP) is 0.399. The highest BCUT2D eigenvalue weighted by atomic mass is 16.5. The summed E-state index contributed by atoms with van der Waals surface area (Å²) in [7, 11) is 1.32. The molecule has 0 aliphatic carbocycles. The first-order valence-electron chi connectivity index (χ1n) is 5.59. The van der Waals surface area contributed by atoms with Gasteiger partial charge in [0.05, 0.1) is 20.1 Å². The minimum Gasteiger partial charge on any atom is -0.469 e. The highest BCUT2D eigenvalue weighted by Crippen LogP contribution is 1.94. The standard InChI is InChI=1S/C11H19NO5/c1-3-17-11(15)7-6-9(13)12-8-4-5-10(14)16-2/h3-8H2,1-2H3,(H,12,13). The molecule has 98 valence electrons. The van der Waals surface area contributed by atoms with E-state index in [2.05, 4.69) is 14.8 Å². The average Bonchev–Trinajstić information content (AvgIpc) is 2.32. The zero-order chi connectivity index (χ0) is 13.1. The Kier molecular flexibility index (Phi) is 8.72. The van der Waals surface area contributed by atoms with Crippen molar-refractivity contribution in [2.75, 3.05) is 20.3 Å². The molecule has 0 aromatic carbocycles. The minimum absolute atomic E-state index is 0.0800. The first-order valence-corrected chi connectivity index (χ1v) is 5.59. The molecule has 0 spiro atoms. The Labute approximate surface area is 101 Å². The van der Waals surface area contributed by atoms with Gasteiger partial charge in [-0.05, 0) is 13.3 Å². The Morgan fingerprint density at radius 1 is 1.06 bits per heavy atom. The molecule has 0 heterocycles. The van der Waals surface area contributed by atoms with Crippen LogP contribution < -0.4 is 5.32 Å². The van der Waals surface area contributed by atoms with Crippen LogP contribution in [0.25, 0.3) is 0 Å². The molecule has 0 radical (unpaired) electrons. The van der Waals surface area contributed by atoms with Crippen molar-refractivity contribution in [2.45, 2.75) is 32.6 Å². The van der Waals surface area contributed by atoms with Crippen LogP contribution in [0, 0.1) is 0 Å². The van der Waals surface area contributed by atoms with Crippen LogP contribution in [0.3, 0.4) is 0 Å². The third-order valence-corrected chi connectivity index (χ3v) is 1.97. The highest BCUT2D eigenvalue weighted by Gasteiger charge is 2.07. The summed E-state index contributed by atoms with van der Waals surface area (Å²) < 4.78 is 9.13.